The van der Waals surface area contributed by atoms with Gasteiger partial charge in [0.25, 0.3) is 0 Å². The predicted molar refractivity (Wildman–Crippen MR) is 109 cm³/mol. The zero-order valence-electron chi connectivity index (χ0n) is 16.5. The van der Waals surface area contributed by atoms with Crippen LogP contribution in [-0.4, -0.2) is 57.9 Å². The lowest BCUT2D eigenvalue weighted by molar-refractivity contribution is -0.127. The van der Waals surface area contributed by atoms with Crippen LogP contribution in [0, 0.1) is 5.92 Å². The standard InChI is InChI=1S/C22H31N5O/c28-22(25-15-18-5-2-1-3-6-18)19-7-4-12-27(16-19)20-8-13-26(14-9-20)17-21-23-10-11-24-21/h1-3,5-6,10-11,19-20H,4,7-9,12-17H2,(H,23,24)(H,25,28). The van der Waals surface area contributed by atoms with E-state index in [1.54, 1.807) is 0 Å². The highest BCUT2D eigenvalue weighted by Crippen LogP contribution is 2.24. The van der Waals surface area contributed by atoms with E-state index < -0.39 is 0 Å². The maximum absolute atomic E-state index is 12.7. The summed E-state index contributed by atoms with van der Waals surface area (Å²) < 4.78 is 0. The minimum atomic E-state index is 0.124. The van der Waals surface area contributed by atoms with Crippen molar-refractivity contribution in [3.05, 3.63) is 54.1 Å². The molecule has 0 saturated carbocycles. The molecule has 2 saturated heterocycles. The van der Waals surface area contributed by atoms with Crippen molar-refractivity contribution in [1.82, 2.24) is 25.1 Å². The van der Waals surface area contributed by atoms with E-state index in [0.29, 0.717) is 12.6 Å². The quantitative estimate of drug-likeness (QED) is 0.807. The van der Waals surface area contributed by atoms with Crippen LogP contribution in [0.3, 0.4) is 0 Å². The van der Waals surface area contributed by atoms with E-state index in [9.17, 15) is 4.79 Å². The molecule has 150 valence electrons. The average molecular weight is 382 g/mol. The van der Waals surface area contributed by atoms with Crippen LogP contribution in [0.15, 0.2) is 42.7 Å². The monoisotopic (exact) mass is 381 g/mol. The van der Waals surface area contributed by atoms with E-state index in [2.05, 4.69) is 37.2 Å². The molecule has 4 rings (SSSR count). The molecule has 1 aromatic carbocycles. The van der Waals surface area contributed by atoms with Gasteiger partial charge in [0, 0.05) is 44.6 Å². The second-order valence-corrected chi connectivity index (χ2v) is 8.08. The number of aromatic nitrogens is 2. The lowest BCUT2D eigenvalue weighted by Crippen LogP contribution is -2.50. The van der Waals surface area contributed by atoms with Gasteiger partial charge in [-0.1, -0.05) is 30.3 Å². The van der Waals surface area contributed by atoms with Crippen molar-refractivity contribution in [3.63, 3.8) is 0 Å². The molecule has 0 spiro atoms. The van der Waals surface area contributed by atoms with E-state index >= 15 is 0 Å². The van der Waals surface area contributed by atoms with Gasteiger partial charge in [-0.25, -0.2) is 4.98 Å². The summed E-state index contributed by atoms with van der Waals surface area (Å²) in [6, 6.07) is 10.8. The number of H-pyrrole nitrogens is 1. The van der Waals surface area contributed by atoms with Gasteiger partial charge in [0.05, 0.1) is 12.5 Å². The first-order chi connectivity index (χ1) is 13.8. The molecule has 0 bridgehead atoms. The van der Waals surface area contributed by atoms with Crippen molar-refractivity contribution in [2.45, 2.75) is 44.8 Å². The Labute approximate surface area is 167 Å². The van der Waals surface area contributed by atoms with Crippen LogP contribution in [-0.2, 0) is 17.9 Å². The van der Waals surface area contributed by atoms with Crippen LogP contribution in [0.4, 0.5) is 0 Å². The van der Waals surface area contributed by atoms with Crippen LogP contribution in [0.1, 0.15) is 37.1 Å². The summed E-state index contributed by atoms with van der Waals surface area (Å²) >= 11 is 0. The topological polar surface area (TPSA) is 64.3 Å². The zero-order chi connectivity index (χ0) is 19.2. The molecule has 2 aliphatic heterocycles. The highest BCUT2D eigenvalue weighted by molar-refractivity contribution is 5.78. The zero-order valence-corrected chi connectivity index (χ0v) is 16.5. The number of piperidine rings is 2. The van der Waals surface area contributed by atoms with E-state index in [-0.39, 0.29) is 11.8 Å². The number of carbonyl (C=O) groups is 1. The number of amides is 1. The summed E-state index contributed by atoms with van der Waals surface area (Å²) in [5.41, 5.74) is 1.16. The number of likely N-dealkylation sites (tertiary alicyclic amines) is 2. The van der Waals surface area contributed by atoms with Gasteiger partial charge in [-0.2, -0.15) is 0 Å². The van der Waals surface area contributed by atoms with Crippen LogP contribution < -0.4 is 5.32 Å². The normalized spacial score (nSPS) is 22.2. The Bertz CT molecular complexity index is 725. The molecule has 1 atom stereocenters. The Hall–Kier alpha value is -2.18. The lowest BCUT2D eigenvalue weighted by Gasteiger charge is -2.41. The highest BCUT2D eigenvalue weighted by Gasteiger charge is 2.31. The maximum atomic E-state index is 12.7. The highest BCUT2D eigenvalue weighted by atomic mass is 16.1. The Morgan fingerprint density at radius 1 is 1.14 bits per heavy atom. The molecule has 1 unspecified atom stereocenters. The largest absolute Gasteiger partial charge is 0.352 e. The number of rotatable bonds is 6. The third kappa shape index (κ3) is 5.00. The first-order valence-electron chi connectivity index (χ1n) is 10.5. The maximum Gasteiger partial charge on any atom is 0.224 e. The minimum absolute atomic E-state index is 0.124. The number of nitrogens with zero attached hydrogens (tertiary/aromatic N) is 3. The van der Waals surface area contributed by atoms with Crippen LogP contribution in [0.5, 0.6) is 0 Å². The fraction of sp³-hybridized carbons (Fsp3) is 0.545. The van der Waals surface area contributed by atoms with E-state index in [0.717, 1.165) is 57.0 Å². The smallest absolute Gasteiger partial charge is 0.224 e. The molecule has 2 fully saturated rings. The molecular formula is C22H31N5O. The summed E-state index contributed by atoms with van der Waals surface area (Å²) in [7, 11) is 0. The average Bonchev–Trinajstić information content (AvgIpc) is 3.26. The van der Waals surface area contributed by atoms with Gasteiger partial charge >= 0.3 is 0 Å². The number of carbonyl (C=O) groups excluding carboxylic acids is 1. The molecule has 2 N–H and O–H groups in total. The predicted octanol–water partition coefficient (Wildman–Crippen LogP) is 2.40. The Morgan fingerprint density at radius 2 is 1.96 bits per heavy atom. The summed E-state index contributed by atoms with van der Waals surface area (Å²) in [6.07, 6.45) is 8.19. The summed E-state index contributed by atoms with van der Waals surface area (Å²) in [5, 5.41) is 3.14. The molecule has 1 amide bonds. The molecule has 2 aliphatic rings. The molecular weight excluding hydrogens is 350 g/mol. The molecule has 6 nitrogen and oxygen atoms in total. The van der Waals surface area contributed by atoms with Gasteiger partial charge in [-0.05, 0) is 37.8 Å². The number of nitrogens with one attached hydrogen (secondary N) is 2. The molecule has 0 radical (unpaired) electrons. The first-order valence-corrected chi connectivity index (χ1v) is 10.5. The van der Waals surface area contributed by atoms with Gasteiger partial charge in [0.2, 0.25) is 5.91 Å². The van der Waals surface area contributed by atoms with Crippen LogP contribution in [0.25, 0.3) is 0 Å². The van der Waals surface area contributed by atoms with Crippen molar-refractivity contribution in [1.29, 1.82) is 0 Å². The Morgan fingerprint density at radius 3 is 2.71 bits per heavy atom. The van der Waals surface area contributed by atoms with E-state index in [4.69, 9.17) is 0 Å². The number of imidazole rings is 1. The van der Waals surface area contributed by atoms with Crippen LogP contribution >= 0.6 is 0 Å². The fourth-order valence-corrected chi connectivity index (χ4v) is 4.52. The van der Waals surface area contributed by atoms with Gasteiger partial charge in [0.1, 0.15) is 5.82 Å². The van der Waals surface area contributed by atoms with E-state index in [1.165, 1.54) is 12.8 Å². The van der Waals surface area contributed by atoms with Crippen molar-refractivity contribution < 1.29 is 4.79 Å². The second kappa shape index (κ2) is 9.34. The number of hydrogen-bond donors (Lipinski definition) is 2. The lowest BCUT2D eigenvalue weighted by atomic mass is 9.93. The van der Waals surface area contributed by atoms with E-state index in [1.807, 2.05) is 30.6 Å². The number of hydrogen-bond acceptors (Lipinski definition) is 4. The molecule has 28 heavy (non-hydrogen) atoms. The summed E-state index contributed by atoms with van der Waals surface area (Å²) in [4.78, 5) is 25.2. The third-order valence-corrected chi connectivity index (χ3v) is 6.13. The second-order valence-electron chi connectivity index (χ2n) is 8.08. The van der Waals surface area contributed by atoms with Gasteiger partial charge in [0.15, 0.2) is 0 Å². The van der Waals surface area contributed by atoms with Crippen LogP contribution in [0.2, 0.25) is 0 Å². The van der Waals surface area contributed by atoms with Crippen molar-refractivity contribution in [2.75, 3.05) is 26.2 Å². The van der Waals surface area contributed by atoms with Gasteiger partial charge in [-0.15, -0.1) is 0 Å². The SMILES string of the molecule is O=C(NCc1ccccc1)C1CCCN(C2CCN(Cc3ncc[nH]3)CC2)C1. The van der Waals surface area contributed by atoms with Crippen molar-refractivity contribution >= 4 is 5.91 Å². The molecule has 6 heteroatoms. The Balaban J connectivity index is 1.23. The summed E-state index contributed by atoms with van der Waals surface area (Å²) in [6.45, 7) is 5.78. The molecule has 0 aliphatic carbocycles. The number of aromatic amines is 1. The molecule has 3 heterocycles. The minimum Gasteiger partial charge on any atom is -0.352 e. The van der Waals surface area contributed by atoms with Gasteiger partial charge < -0.3 is 10.3 Å². The third-order valence-electron chi connectivity index (χ3n) is 6.13. The Kier molecular flexibility index (Phi) is 6.39. The fourth-order valence-electron chi connectivity index (χ4n) is 4.52. The summed E-state index contributed by atoms with van der Waals surface area (Å²) in [5.74, 6) is 1.38. The first kappa shape index (κ1) is 19.2. The van der Waals surface area contributed by atoms with Gasteiger partial charge in [-0.3, -0.25) is 14.6 Å². The van der Waals surface area contributed by atoms with Crippen molar-refractivity contribution in [2.24, 2.45) is 5.92 Å². The molecule has 2 aromatic rings. The van der Waals surface area contributed by atoms with Crippen molar-refractivity contribution in [3.8, 4) is 0 Å². The number of benzene rings is 1. The molecule has 1 aromatic heterocycles.